The second kappa shape index (κ2) is 5.94. The lowest BCUT2D eigenvalue weighted by molar-refractivity contribution is 0.0571. The maximum atomic E-state index is 13.2. The summed E-state index contributed by atoms with van der Waals surface area (Å²) in [6.45, 7) is 0. The zero-order valence-electron chi connectivity index (χ0n) is 14.4. The van der Waals surface area contributed by atoms with Gasteiger partial charge in [0.05, 0.1) is 11.7 Å². The number of hydrogen-bond acceptors (Lipinski definition) is 2. The van der Waals surface area contributed by atoms with Crippen molar-refractivity contribution in [2.75, 3.05) is 0 Å². The first-order valence-electron chi connectivity index (χ1n) is 9.20. The predicted molar refractivity (Wildman–Crippen MR) is 97.4 cm³/mol. The van der Waals surface area contributed by atoms with E-state index in [-0.39, 0.29) is 23.8 Å². The van der Waals surface area contributed by atoms with Gasteiger partial charge in [0.15, 0.2) is 0 Å². The van der Waals surface area contributed by atoms with E-state index in [9.17, 15) is 9.18 Å². The Labute approximate surface area is 151 Å². The molecule has 2 bridgehead atoms. The van der Waals surface area contributed by atoms with Gasteiger partial charge in [-0.25, -0.2) is 4.39 Å². The van der Waals surface area contributed by atoms with Gasteiger partial charge in [0, 0.05) is 23.0 Å². The second-order valence-electron chi connectivity index (χ2n) is 7.49. The van der Waals surface area contributed by atoms with E-state index in [1.165, 1.54) is 17.7 Å². The molecule has 2 aliphatic rings. The van der Waals surface area contributed by atoms with E-state index in [1.807, 2.05) is 30.3 Å². The van der Waals surface area contributed by atoms with E-state index < -0.39 is 0 Å². The number of amides is 1. The minimum Gasteiger partial charge on any atom is -0.333 e. The summed E-state index contributed by atoms with van der Waals surface area (Å²) in [5.74, 6) is 0.339. The molecular formula is C21H20FN3O. The first-order valence-corrected chi connectivity index (χ1v) is 9.20. The van der Waals surface area contributed by atoms with Crippen molar-refractivity contribution in [3.8, 4) is 0 Å². The Kier molecular flexibility index (Phi) is 3.55. The SMILES string of the molecule is O=C(c1ccc2[nH]ncc2c1)N1C2CCC1CC(c1ccc(F)cc1)C2. The molecule has 1 amide bonds. The molecule has 5 rings (SSSR count). The third kappa shape index (κ3) is 2.50. The highest BCUT2D eigenvalue weighted by Crippen LogP contribution is 2.43. The van der Waals surface area contributed by atoms with Crippen molar-refractivity contribution in [1.29, 1.82) is 0 Å². The van der Waals surface area contributed by atoms with E-state index >= 15 is 0 Å². The first-order chi connectivity index (χ1) is 12.7. The molecule has 26 heavy (non-hydrogen) atoms. The van der Waals surface area contributed by atoms with Crippen molar-refractivity contribution in [2.24, 2.45) is 0 Å². The normalized spacial score (nSPS) is 25.0. The Bertz CT molecular complexity index is 951. The van der Waals surface area contributed by atoms with Crippen LogP contribution in [0.5, 0.6) is 0 Å². The highest BCUT2D eigenvalue weighted by molar-refractivity contribution is 5.98. The van der Waals surface area contributed by atoms with Crippen molar-refractivity contribution in [2.45, 2.75) is 43.7 Å². The van der Waals surface area contributed by atoms with Gasteiger partial charge in [0.1, 0.15) is 5.82 Å². The Morgan fingerprint density at radius 1 is 1.08 bits per heavy atom. The van der Waals surface area contributed by atoms with Gasteiger partial charge in [-0.2, -0.15) is 5.10 Å². The maximum Gasteiger partial charge on any atom is 0.254 e. The molecule has 0 radical (unpaired) electrons. The number of aromatic amines is 1. The lowest BCUT2D eigenvalue weighted by Gasteiger charge is -2.39. The molecule has 2 unspecified atom stereocenters. The van der Waals surface area contributed by atoms with Gasteiger partial charge in [-0.15, -0.1) is 0 Å². The van der Waals surface area contributed by atoms with E-state index in [0.29, 0.717) is 5.92 Å². The van der Waals surface area contributed by atoms with Gasteiger partial charge in [-0.05, 0) is 67.5 Å². The summed E-state index contributed by atoms with van der Waals surface area (Å²) in [5, 5.41) is 7.91. The number of carbonyl (C=O) groups is 1. The van der Waals surface area contributed by atoms with E-state index in [2.05, 4.69) is 15.1 Å². The average molecular weight is 349 g/mol. The molecule has 132 valence electrons. The summed E-state index contributed by atoms with van der Waals surface area (Å²) in [4.78, 5) is 15.3. The van der Waals surface area contributed by atoms with Gasteiger partial charge < -0.3 is 4.90 Å². The minimum absolute atomic E-state index is 0.123. The highest BCUT2D eigenvalue weighted by Gasteiger charge is 2.43. The number of halogens is 1. The van der Waals surface area contributed by atoms with Crippen molar-refractivity contribution in [3.05, 3.63) is 65.6 Å². The van der Waals surface area contributed by atoms with Gasteiger partial charge in [0.25, 0.3) is 5.91 Å². The number of aromatic nitrogens is 2. The first kappa shape index (κ1) is 15.6. The van der Waals surface area contributed by atoms with Crippen LogP contribution in [0.4, 0.5) is 4.39 Å². The van der Waals surface area contributed by atoms with Crippen LogP contribution in [0.1, 0.15) is 47.5 Å². The summed E-state index contributed by atoms with van der Waals surface area (Å²) in [5.41, 5.74) is 2.87. The molecule has 2 fully saturated rings. The number of carbonyl (C=O) groups excluding carboxylic acids is 1. The molecule has 3 aromatic rings. The number of hydrogen-bond donors (Lipinski definition) is 1. The largest absolute Gasteiger partial charge is 0.333 e. The molecule has 1 N–H and O–H groups in total. The van der Waals surface area contributed by atoms with Crippen LogP contribution < -0.4 is 0 Å². The van der Waals surface area contributed by atoms with Crippen LogP contribution in [0.3, 0.4) is 0 Å². The zero-order chi connectivity index (χ0) is 17.7. The Morgan fingerprint density at radius 3 is 2.54 bits per heavy atom. The summed E-state index contributed by atoms with van der Waals surface area (Å²) in [6, 6.07) is 13.1. The Hall–Kier alpha value is -2.69. The van der Waals surface area contributed by atoms with Crippen LogP contribution in [-0.2, 0) is 0 Å². The predicted octanol–water partition coefficient (Wildman–Crippen LogP) is 4.25. The van der Waals surface area contributed by atoms with E-state index in [0.717, 1.165) is 42.1 Å². The lowest BCUT2D eigenvalue weighted by atomic mass is 9.85. The van der Waals surface area contributed by atoms with Crippen molar-refractivity contribution in [1.82, 2.24) is 15.1 Å². The molecule has 2 aliphatic heterocycles. The number of nitrogens with one attached hydrogen (secondary N) is 1. The number of H-pyrrole nitrogens is 1. The van der Waals surface area contributed by atoms with Crippen LogP contribution in [0.25, 0.3) is 10.9 Å². The molecule has 4 nitrogen and oxygen atoms in total. The quantitative estimate of drug-likeness (QED) is 0.752. The van der Waals surface area contributed by atoms with Crippen molar-refractivity contribution >= 4 is 16.8 Å². The summed E-state index contributed by atoms with van der Waals surface area (Å²) in [6.07, 6.45) is 5.79. The molecule has 0 spiro atoms. The maximum absolute atomic E-state index is 13.2. The molecule has 2 saturated heterocycles. The van der Waals surface area contributed by atoms with Crippen LogP contribution in [0.2, 0.25) is 0 Å². The molecule has 2 aromatic carbocycles. The molecule has 2 atom stereocenters. The number of rotatable bonds is 2. The molecule has 0 aliphatic carbocycles. The third-order valence-corrected chi connectivity index (χ3v) is 6.00. The minimum atomic E-state index is -0.195. The van der Waals surface area contributed by atoms with E-state index in [4.69, 9.17) is 0 Å². The van der Waals surface area contributed by atoms with Crippen LogP contribution in [0, 0.1) is 5.82 Å². The summed E-state index contributed by atoms with van der Waals surface area (Å²) >= 11 is 0. The fraction of sp³-hybridized carbons (Fsp3) is 0.333. The smallest absolute Gasteiger partial charge is 0.254 e. The van der Waals surface area contributed by atoms with E-state index in [1.54, 1.807) is 6.20 Å². The topological polar surface area (TPSA) is 49.0 Å². The monoisotopic (exact) mass is 349 g/mol. The summed E-state index contributed by atoms with van der Waals surface area (Å²) < 4.78 is 13.2. The molecule has 1 aromatic heterocycles. The molecular weight excluding hydrogens is 329 g/mol. The number of fused-ring (bicyclic) bond motifs is 3. The molecule has 0 saturated carbocycles. The van der Waals surface area contributed by atoms with Gasteiger partial charge in [-0.3, -0.25) is 9.89 Å². The number of nitrogens with zero attached hydrogens (tertiary/aromatic N) is 2. The fourth-order valence-corrected chi connectivity index (χ4v) is 4.74. The lowest BCUT2D eigenvalue weighted by Crippen LogP contribution is -2.46. The zero-order valence-corrected chi connectivity index (χ0v) is 14.4. The Balaban J connectivity index is 1.39. The molecule has 3 heterocycles. The van der Waals surface area contributed by atoms with Gasteiger partial charge in [0.2, 0.25) is 0 Å². The number of piperidine rings is 1. The van der Waals surface area contributed by atoms with Gasteiger partial charge >= 0.3 is 0 Å². The van der Waals surface area contributed by atoms with Crippen molar-refractivity contribution < 1.29 is 9.18 Å². The fourth-order valence-electron chi connectivity index (χ4n) is 4.74. The third-order valence-electron chi connectivity index (χ3n) is 6.00. The highest BCUT2D eigenvalue weighted by atomic mass is 19.1. The standard InChI is InChI=1S/C21H20FN3O/c22-17-4-1-13(2-5-17)15-10-18-6-7-19(11-15)25(18)21(26)14-3-8-20-16(9-14)12-23-24-20/h1-5,8-9,12,15,18-19H,6-7,10-11H2,(H,23,24). The van der Waals surface area contributed by atoms with Crippen LogP contribution in [0.15, 0.2) is 48.7 Å². The number of benzene rings is 2. The van der Waals surface area contributed by atoms with Crippen LogP contribution >= 0.6 is 0 Å². The van der Waals surface area contributed by atoms with Gasteiger partial charge in [-0.1, -0.05) is 12.1 Å². The Morgan fingerprint density at radius 2 is 1.81 bits per heavy atom. The second-order valence-corrected chi connectivity index (χ2v) is 7.49. The average Bonchev–Trinajstić information content (AvgIpc) is 3.23. The van der Waals surface area contributed by atoms with Crippen LogP contribution in [-0.4, -0.2) is 33.1 Å². The summed E-state index contributed by atoms with van der Waals surface area (Å²) in [7, 11) is 0. The molecule has 5 heteroatoms. The van der Waals surface area contributed by atoms with Crippen molar-refractivity contribution in [3.63, 3.8) is 0 Å².